The van der Waals surface area contributed by atoms with Crippen LogP contribution in [-0.4, -0.2) is 53.4 Å². The van der Waals surface area contributed by atoms with Crippen LogP contribution in [0.1, 0.15) is 13.3 Å². The summed E-state index contributed by atoms with van der Waals surface area (Å²) < 4.78 is 11.3. The molecule has 1 fully saturated rings. The van der Waals surface area contributed by atoms with Crippen LogP contribution >= 0.6 is 0 Å². The largest absolute Gasteiger partial charge is 0.493 e. The number of amides is 1. The van der Waals surface area contributed by atoms with Crippen LogP contribution in [0, 0.1) is 11.5 Å². The maximum atomic E-state index is 12.4. The third-order valence-corrected chi connectivity index (χ3v) is 4.00. The summed E-state index contributed by atoms with van der Waals surface area (Å²) >= 11 is 0. The van der Waals surface area contributed by atoms with E-state index in [1.165, 1.54) is 4.90 Å². The summed E-state index contributed by atoms with van der Waals surface area (Å²) in [4.78, 5) is 14.0. The predicted octanol–water partition coefficient (Wildman–Crippen LogP) is 1.99. The van der Waals surface area contributed by atoms with E-state index in [-0.39, 0.29) is 12.5 Å². The molecule has 1 aliphatic rings. The number of carbonyl (C=O) groups excluding carboxylic acids is 1. The molecule has 8 nitrogen and oxygen atoms in total. The lowest BCUT2D eigenvalue weighted by Crippen LogP contribution is -2.46. The Kier molecular flexibility index (Phi) is 5.71. The van der Waals surface area contributed by atoms with Crippen LogP contribution in [0.15, 0.2) is 30.5 Å². The molecule has 0 spiro atoms. The number of carbonyl (C=O) groups is 1. The van der Waals surface area contributed by atoms with Gasteiger partial charge in [0.1, 0.15) is 5.75 Å². The number of aromatic amines is 1. The van der Waals surface area contributed by atoms with Crippen molar-refractivity contribution in [3.63, 3.8) is 0 Å². The molecule has 1 saturated heterocycles. The van der Waals surface area contributed by atoms with E-state index < -0.39 is 6.10 Å². The number of hydrogen-bond acceptors (Lipinski definition) is 6. The number of H-pyrrole nitrogens is 1. The first kappa shape index (κ1) is 17.8. The lowest BCUT2D eigenvalue weighted by molar-refractivity contribution is -0.131. The number of nitrogens with one attached hydrogen (secondary N) is 2. The molecule has 3 rings (SSSR count). The molecule has 2 heterocycles. The van der Waals surface area contributed by atoms with Crippen molar-refractivity contribution in [2.45, 2.75) is 19.4 Å². The van der Waals surface area contributed by atoms with Gasteiger partial charge in [-0.1, -0.05) is 6.92 Å². The molecule has 26 heavy (non-hydrogen) atoms. The van der Waals surface area contributed by atoms with Crippen LogP contribution in [0.2, 0.25) is 0 Å². The zero-order valence-corrected chi connectivity index (χ0v) is 14.6. The molecular formula is C18H21N5O3. The second kappa shape index (κ2) is 8.36. The number of aromatic nitrogens is 2. The van der Waals surface area contributed by atoms with Crippen molar-refractivity contribution in [1.82, 2.24) is 15.1 Å². The number of morpholine rings is 1. The molecule has 1 amide bonds. The van der Waals surface area contributed by atoms with Gasteiger partial charge in [-0.25, -0.2) is 0 Å². The zero-order chi connectivity index (χ0) is 18.4. The molecule has 8 heteroatoms. The molecule has 1 aromatic carbocycles. The SMILES string of the molecule is CCCOc1cc(NC(=O)C2CN(C#N)CCO2)ccc1-c1ccn[nH]1. The molecule has 136 valence electrons. The lowest BCUT2D eigenvalue weighted by atomic mass is 10.1. The molecule has 1 unspecified atom stereocenters. The molecule has 1 aromatic heterocycles. The highest BCUT2D eigenvalue weighted by atomic mass is 16.5. The Labute approximate surface area is 151 Å². The van der Waals surface area contributed by atoms with Gasteiger partial charge in [-0.2, -0.15) is 10.4 Å². The first-order chi connectivity index (χ1) is 12.7. The van der Waals surface area contributed by atoms with Crippen molar-refractivity contribution in [3.05, 3.63) is 30.5 Å². The minimum absolute atomic E-state index is 0.258. The fraction of sp³-hybridized carbons (Fsp3) is 0.389. The minimum atomic E-state index is -0.671. The van der Waals surface area contributed by atoms with Gasteiger partial charge in [0.05, 0.1) is 32.0 Å². The normalized spacial score (nSPS) is 16.8. The number of hydrogen-bond donors (Lipinski definition) is 2. The number of benzene rings is 1. The number of nitrogens with zero attached hydrogens (tertiary/aromatic N) is 3. The van der Waals surface area contributed by atoms with Gasteiger partial charge in [-0.15, -0.1) is 0 Å². The summed E-state index contributed by atoms with van der Waals surface area (Å²) in [5.74, 6) is 0.387. The Hall–Kier alpha value is -3.05. The molecule has 0 radical (unpaired) electrons. The van der Waals surface area contributed by atoms with E-state index >= 15 is 0 Å². The van der Waals surface area contributed by atoms with Gasteiger partial charge in [-0.05, 0) is 24.6 Å². The topological polar surface area (TPSA) is 103 Å². The van der Waals surface area contributed by atoms with Crippen LogP contribution < -0.4 is 10.1 Å². The zero-order valence-electron chi connectivity index (χ0n) is 14.6. The third-order valence-electron chi connectivity index (χ3n) is 4.00. The molecule has 1 atom stereocenters. The van der Waals surface area contributed by atoms with E-state index in [2.05, 4.69) is 21.7 Å². The van der Waals surface area contributed by atoms with Crippen LogP contribution in [0.4, 0.5) is 5.69 Å². The van der Waals surface area contributed by atoms with Gasteiger partial charge in [0.15, 0.2) is 12.3 Å². The quantitative estimate of drug-likeness (QED) is 0.768. The van der Waals surface area contributed by atoms with E-state index in [1.54, 1.807) is 18.3 Å². The fourth-order valence-corrected chi connectivity index (χ4v) is 2.68. The number of ether oxygens (including phenoxy) is 2. The lowest BCUT2D eigenvalue weighted by Gasteiger charge is -2.28. The summed E-state index contributed by atoms with van der Waals surface area (Å²) in [5.41, 5.74) is 2.33. The third kappa shape index (κ3) is 4.13. The van der Waals surface area contributed by atoms with Gasteiger partial charge >= 0.3 is 0 Å². The summed E-state index contributed by atoms with van der Waals surface area (Å²) in [6.07, 6.45) is 3.93. The molecular weight excluding hydrogens is 334 g/mol. The van der Waals surface area contributed by atoms with Crippen LogP contribution in [0.25, 0.3) is 11.3 Å². The van der Waals surface area contributed by atoms with E-state index in [4.69, 9.17) is 14.7 Å². The Balaban J connectivity index is 1.75. The molecule has 2 N–H and O–H groups in total. The Bertz CT molecular complexity index is 785. The Morgan fingerprint density at radius 1 is 1.54 bits per heavy atom. The van der Waals surface area contributed by atoms with Gasteiger partial charge in [-0.3, -0.25) is 9.89 Å². The predicted molar refractivity (Wildman–Crippen MR) is 95.4 cm³/mol. The Morgan fingerprint density at radius 2 is 2.42 bits per heavy atom. The Morgan fingerprint density at radius 3 is 3.15 bits per heavy atom. The minimum Gasteiger partial charge on any atom is -0.493 e. The average molecular weight is 355 g/mol. The fourth-order valence-electron chi connectivity index (χ4n) is 2.68. The smallest absolute Gasteiger partial charge is 0.255 e. The van der Waals surface area contributed by atoms with Gasteiger partial charge in [0, 0.05) is 23.5 Å². The monoisotopic (exact) mass is 355 g/mol. The summed E-state index contributed by atoms with van der Waals surface area (Å²) in [5, 5.41) is 18.7. The highest BCUT2D eigenvalue weighted by Crippen LogP contribution is 2.31. The van der Waals surface area contributed by atoms with Crippen molar-refractivity contribution in [2.24, 2.45) is 0 Å². The highest BCUT2D eigenvalue weighted by Gasteiger charge is 2.26. The maximum absolute atomic E-state index is 12.4. The van der Waals surface area contributed by atoms with Gasteiger partial charge < -0.3 is 19.7 Å². The number of anilines is 1. The van der Waals surface area contributed by atoms with Crippen LogP contribution in [0.5, 0.6) is 5.75 Å². The molecule has 0 bridgehead atoms. The van der Waals surface area contributed by atoms with E-state index in [9.17, 15) is 4.79 Å². The second-order valence-electron chi connectivity index (χ2n) is 5.92. The van der Waals surface area contributed by atoms with Crippen molar-refractivity contribution in [1.29, 1.82) is 5.26 Å². The standard InChI is InChI=1S/C18H21N5O3/c1-2-8-25-16-10-13(3-4-14(16)15-5-6-20-22-15)21-18(24)17-11-23(12-19)7-9-26-17/h3-6,10,17H,2,7-9,11H2,1H3,(H,20,22)(H,21,24). The molecule has 2 aromatic rings. The van der Waals surface area contributed by atoms with Crippen LogP contribution in [0.3, 0.4) is 0 Å². The first-order valence-electron chi connectivity index (χ1n) is 8.55. The highest BCUT2D eigenvalue weighted by molar-refractivity contribution is 5.95. The molecule has 0 aliphatic carbocycles. The molecule has 1 aliphatic heterocycles. The summed E-state index contributed by atoms with van der Waals surface area (Å²) in [7, 11) is 0. The van der Waals surface area contributed by atoms with Crippen molar-refractivity contribution in [2.75, 3.05) is 31.6 Å². The summed E-state index contributed by atoms with van der Waals surface area (Å²) in [6.45, 7) is 3.72. The van der Waals surface area contributed by atoms with Gasteiger partial charge in [0.25, 0.3) is 5.91 Å². The average Bonchev–Trinajstić information content (AvgIpc) is 3.21. The number of nitriles is 1. The maximum Gasteiger partial charge on any atom is 0.255 e. The van der Waals surface area contributed by atoms with Crippen molar-refractivity contribution < 1.29 is 14.3 Å². The number of rotatable bonds is 6. The van der Waals surface area contributed by atoms with Crippen LogP contribution in [-0.2, 0) is 9.53 Å². The molecule has 0 saturated carbocycles. The van der Waals surface area contributed by atoms with Crippen molar-refractivity contribution >= 4 is 11.6 Å². The first-order valence-corrected chi connectivity index (χ1v) is 8.55. The van der Waals surface area contributed by atoms with E-state index in [0.717, 1.165) is 17.7 Å². The summed E-state index contributed by atoms with van der Waals surface area (Å²) in [6, 6.07) is 7.32. The van der Waals surface area contributed by atoms with Crippen molar-refractivity contribution in [3.8, 4) is 23.2 Å². The van der Waals surface area contributed by atoms with E-state index in [0.29, 0.717) is 31.2 Å². The van der Waals surface area contributed by atoms with Gasteiger partial charge in [0.2, 0.25) is 0 Å². The second-order valence-corrected chi connectivity index (χ2v) is 5.92. The van der Waals surface area contributed by atoms with E-state index in [1.807, 2.05) is 19.1 Å².